The Bertz CT molecular complexity index is 895. The van der Waals surface area contributed by atoms with Crippen molar-refractivity contribution in [3.63, 3.8) is 0 Å². The lowest BCUT2D eigenvalue weighted by Gasteiger charge is -2.07. The smallest absolute Gasteiger partial charge is 0.272 e. The Morgan fingerprint density at radius 2 is 1.83 bits per heavy atom. The summed E-state index contributed by atoms with van der Waals surface area (Å²) >= 11 is 0. The standard InChI is InChI=1S/C18H18N4O2/c1-12-9-16(21-22(12)2)18(24)19-11-17(23)20-15-8-7-13-5-3-4-6-14(13)10-15/h3-10H,11H2,1-2H3,(H,19,24)(H,20,23). The van der Waals surface area contributed by atoms with E-state index in [2.05, 4.69) is 15.7 Å². The fourth-order valence-electron chi connectivity index (χ4n) is 2.39. The minimum absolute atomic E-state index is 0.110. The topological polar surface area (TPSA) is 76.0 Å². The van der Waals surface area contributed by atoms with Crippen molar-refractivity contribution in [1.82, 2.24) is 15.1 Å². The number of rotatable bonds is 4. The second-order valence-corrected chi connectivity index (χ2v) is 5.59. The highest BCUT2D eigenvalue weighted by molar-refractivity contribution is 5.99. The Morgan fingerprint density at radius 3 is 2.54 bits per heavy atom. The maximum Gasteiger partial charge on any atom is 0.272 e. The van der Waals surface area contributed by atoms with E-state index >= 15 is 0 Å². The number of aromatic nitrogens is 2. The van der Waals surface area contributed by atoms with Crippen molar-refractivity contribution in [3.8, 4) is 0 Å². The lowest BCUT2D eigenvalue weighted by Crippen LogP contribution is -2.33. The molecule has 2 N–H and O–H groups in total. The van der Waals surface area contributed by atoms with Crippen LogP contribution in [0.5, 0.6) is 0 Å². The van der Waals surface area contributed by atoms with Gasteiger partial charge in [-0.1, -0.05) is 30.3 Å². The first kappa shape index (κ1) is 15.7. The van der Waals surface area contributed by atoms with Gasteiger partial charge in [0.05, 0.1) is 6.54 Å². The van der Waals surface area contributed by atoms with E-state index in [1.807, 2.05) is 49.4 Å². The monoisotopic (exact) mass is 322 g/mol. The van der Waals surface area contributed by atoms with E-state index in [1.54, 1.807) is 17.8 Å². The van der Waals surface area contributed by atoms with Gasteiger partial charge in [0, 0.05) is 18.4 Å². The van der Waals surface area contributed by atoms with Crippen molar-refractivity contribution in [3.05, 3.63) is 59.9 Å². The third kappa shape index (κ3) is 3.43. The summed E-state index contributed by atoms with van der Waals surface area (Å²) < 4.78 is 1.62. The first-order valence-electron chi connectivity index (χ1n) is 7.60. The van der Waals surface area contributed by atoms with Crippen LogP contribution in [0.25, 0.3) is 10.8 Å². The quantitative estimate of drug-likeness (QED) is 0.773. The number of nitrogens with one attached hydrogen (secondary N) is 2. The summed E-state index contributed by atoms with van der Waals surface area (Å²) in [6.07, 6.45) is 0. The van der Waals surface area contributed by atoms with E-state index in [0.29, 0.717) is 11.4 Å². The van der Waals surface area contributed by atoms with Crippen LogP contribution in [0, 0.1) is 6.92 Å². The molecule has 0 saturated carbocycles. The Morgan fingerprint density at radius 1 is 1.08 bits per heavy atom. The van der Waals surface area contributed by atoms with Crippen molar-refractivity contribution in [2.45, 2.75) is 6.92 Å². The molecule has 1 aromatic heterocycles. The normalized spacial score (nSPS) is 10.6. The first-order chi connectivity index (χ1) is 11.5. The van der Waals surface area contributed by atoms with E-state index in [-0.39, 0.29) is 18.4 Å². The maximum atomic E-state index is 12.0. The number of hydrogen-bond acceptors (Lipinski definition) is 3. The molecule has 0 saturated heterocycles. The van der Waals surface area contributed by atoms with Gasteiger partial charge in [-0.25, -0.2) is 0 Å². The van der Waals surface area contributed by atoms with Crippen LogP contribution in [0.1, 0.15) is 16.2 Å². The van der Waals surface area contributed by atoms with Gasteiger partial charge in [0.15, 0.2) is 0 Å². The van der Waals surface area contributed by atoms with Crippen LogP contribution in [0.15, 0.2) is 48.5 Å². The molecule has 1 heterocycles. The second kappa shape index (κ2) is 6.54. The molecule has 24 heavy (non-hydrogen) atoms. The van der Waals surface area contributed by atoms with Crippen molar-refractivity contribution < 1.29 is 9.59 Å². The molecule has 6 heteroatoms. The van der Waals surface area contributed by atoms with E-state index in [1.165, 1.54) is 0 Å². The SMILES string of the molecule is Cc1cc(C(=O)NCC(=O)Nc2ccc3ccccc3c2)nn1C. The molecule has 0 bridgehead atoms. The molecule has 3 rings (SSSR count). The summed E-state index contributed by atoms with van der Waals surface area (Å²) in [5.41, 5.74) is 1.87. The molecule has 2 aromatic carbocycles. The van der Waals surface area contributed by atoms with Crippen molar-refractivity contribution in [2.24, 2.45) is 7.05 Å². The van der Waals surface area contributed by atoms with Crippen molar-refractivity contribution in [2.75, 3.05) is 11.9 Å². The molecular weight excluding hydrogens is 304 g/mol. The molecule has 0 fully saturated rings. The summed E-state index contributed by atoms with van der Waals surface area (Å²) in [5, 5.41) is 11.6. The number of fused-ring (bicyclic) bond motifs is 1. The molecule has 0 radical (unpaired) electrons. The summed E-state index contributed by atoms with van der Waals surface area (Å²) in [4.78, 5) is 24.0. The van der Waals surface area contributed by atoms with Crippen LogP contribution in [0.3, 0.4) is 0 Å². The van der Waals surface area contributed by atoms with Crippen LogP contribution in [-0.4, -0.2) is 28.1 Å². The summed E-state index contributed by atoms with van der Waals surface area (Å²) in [6, 6.07) is 15.3. The average molecular weight is 322 g/mol. The predicted octanol–water partition coefficient (Wildman–Crippen LogP) is 2.25. The molecular formula is C18H18N4O2. The number of carbonyl (C=O) groups is 2. The zero-order chi connectivity index (χ0) is 17.1. The van der Waals surface area contributed by atoms with Gasteiger partial charge in [0.25, 0.3) is 5.91 Å². The van der Waals surface area contributed by atoms with Crippen LogP contribution in [-0.2, 0) is 11.8 Å². The van der Waals surface area contributed by atoms with E-state index in [0.717, 1.165) is 16.5 Å². The number of aryl methyl sites for hydroxylation is 2. The third-order valence-electron chi connectivity index (χ3n) is 3.79. The molecule has 2 amide bonds. The fraction of sp³-hybridized carbons (Fsp3) is 0.167. The number of carbonyl (C=O) groups excluding carboxylic acids is 2. The molecule has 0 aliphatic carbocycles. The molecule has 0 unspecified atom stereocenters. The van der Waals surface area contributed by atoms with E-state index < -0.39 is 0 Å². The maximum absolute atomic E-state index is 12.0. The third-order valence-corrected chi connectivity index (χ3v) is 3.79. The van der Waals surface area contributed by atoms with Gasteiger partial charge >= 0.3 is 0 Å². The number of benzene rings is 2. The van der Waals surface area contributed by atoms with E-state index in [4.69, 9.17) is 0 Å². The number of amides is 2. The minimum Gasteiger partial charge on any atom is -0.342 e. The highest BCUT2D eigenvalue weighted by Crippen LogP contribution is 2.18. The van der Waals surface area contributed by atoms with Crippen molar-refractivity contribution in [1.29, 1.82) is 0 Å². The van der Waals surface area contributed by atoms with Gasteiger partial charge in [-0.05, 0) is 35.9 Å². The van der Waals surface area contributed by atoms with Gasteiger partial charge in [0.2, 0.25) is 5.91 Å². The average Bonchev–Trinajstić information content (AvgIpc) is 2.92. The van der Waals surface area contributed by atoms with Crippen molar-refractivity contribution >= 4 is 28.3 Å². The molecule has 122 valence electrons. The number of hydrogen-bond donors (Lipinski definition) is 2. The first-order valence-corrected chi connectivity index (χ1v) is 7.60. The number of nitrogens with zero attached hydrogens (tertiary/aromatic N) is 2. The zero-order valence-corrected chi connectivity index (χ0v) is 13.5. The number of anilines is 1. The lowest BCUT2D eigenvalue weighted by atomic mass is 10.1. The van der Waals surface area contributed by atoms with Gasteiger partial charge in [-0.2, -0.15) is 5.10 Å². The molecule has 0 atom stereocenters. The van der Waals surface area contributed by atoms with Crippen LogP contribution >= 0.6 is 0 Å². The van der Waals surface area contributed by atoms with E-state index in [9.17, 15) is 9.59 Å². The lowest BCUT2D eigenvalue weighted by molar-refractivity contribution is -0.115. The predicted molar refractivity (Wildman–Crippen MR) is 92.9 cm³/mol. The molecule has 0 aliphatic rings. The molecule has 3 aromatic rings. The summed E-state index contributed by atoms with van der Waals surface area (Å²) in [7, 11) is 1.76. The highest BCUT2D eigenvalue weighted by atomic mass is 16.2. The zero-order valence-electron chi connectivity index (χ0n) is 13.5. The summed E-state index contributed by atoms with van der Waals surface area (Å²) in [5.74, 6) is -0.654. The molecule has 0 spiro atoms. The van der Waals surface area contributed by atoms with Crippen LogP contribution in [0.4, 0.5) is 5.69 Å². The summed E-state index contributed by atoms with van der Waals surface area (Å²) in [6.45, 7) is 1.75. The molecule has 6 nitrogen and oxygen atoms in total. The highest BCUT2D eigenvalue weighted by Gasteiger charge is 2.12. The Kier molecular flexibility index (Phi) is 4.29. The van der Waals surface area contributed by atoms with Gasteiger partial charge in [0.1, 0.15) is 5.69 Å². The minimum atomic E-state index is -0.368. The van der Waals surface area contributed by atoms with Crippen LogP contribution in [0.2, 0.25) is 0 Å². The van der Waals surface area contributed by atoms with Gasteiger partial charge < -0.3 is 10.6 Å². The molecule has 0 aliphatic heterocycles. The van der Waals surface area contributed by atoms with Gasteiger partial charge in [-0.3, -0.25) is 14.3 Å². The Balaban J connectivity index is 1.59. The Labute approximate surface area is 139 Å². The fourth-order valence-corrected chi connectivity index (χ4v) is 2.39. The second-order valence-electron chi connectivity index (χ2n) is 5.59. The van der Waals surface area contributed by atoms with Crippen LogP contribution < -0.4 is 10.6 Å². The largest absolute Gasteiger partial charge is 0.342 e. The van der Waals surface area contributed by atoms with Gasteiger partial charge in [-0.15, -0.1) is 0 Å². The Hall–Kier alpha value is -3.15.